The van der Waals surface area contributed by atoms with Gasteiger partial charge in [-0.05, 0) is 78.9 Å². The van der Waals surface area contributed by atoms with E-state index < -0.39 is 0 Å². The second kappa shape index (κ2) is 11.2. The fourth-order valence-electron chi connectivity index (χ4n) is 3.24. The fraction of sp³-hybridized carbons (Fsp3) is 0.0370. The first kappa shape index (κ1) is 24.4. The van der Waals surface area contributed by atoms with Gasteiger partial charge < -0.3 is 20.7 Å². The number of hydrogen-bond acceptors (Lipinski definition) is 6. The van der Waals surface area contributed by atoms with Gasteiger partial charge in [-0.3, -0.25) is 9.59 Å². The van der Waals surface area contributed by atoms with Gasteiger partial charge in [0.05, 0.1) is 7.11 Å². The highest BCUT2D eigenvalue weighted by atomic mass is 35.5. The largest absolute Gasteiger partial charge is 0.497 e. The molecule has 0 radical (unpaired) electrons. The van der Waals surface area contributed by atoms with E-state index in [1.54, 1.807) is 86.0 Å². The normalized spacial score (nSPS) is 10.3. The molecule has 4 rings (SSSR count). The number of amides is 2. The van der Waals surface area contributed by atoms with Crippen LogP contribution >= 0.6 is 11.6 Å². The Morgan fingerprint density at radius 3 is 2.11 bits per heavy atom. The zero-order chi connectivity index (χ0) is 25.5. The van der Waals surface area contributed by atoms with E-state index in [0.29, 0.717) is 34.3 Å². The smallest absolute Gasteiger partial charge is 0.255 e. The Bertz CT molecular complexity index is 1390. The van der Waals surface area contributed by atoms with Gasteiger partial charge in [-0.25, -0.2) is 9.97 Å². The summed E-state index contributed by atoms with van der Waals surface area (Å²) in [6.45, 7) is 3.43. The van der Waals surface area contributed by atoms with Crippen molar-refractivity contribution in [3.05, 3.63) is 102 Å². The predicted octanol–water partition coefficient (Wildman–Crippen LogP) is 5.93. The molecule has 4 aromatic rings. The lowest BCUT2D eigenvalue weighted by Gasteiger charge is -2.10. The number of rotatable bonds is 8. The number of anilines is 4. The molecular formula is C27H22ClN5O3. The van der Waals surface area contributed by atoms with E-state index in [1.807, 2.05) is 0 Å². The SMILES string of the molecule is C=CC(=O)Nc1ccc(-c2nc(Cl)cc(Nc3ccc(C(=O)Nc4ccc(OC)cc4)cc3)n2)cc1. The molecule has 0 saturated heterocycles. The van der Waals surface area contributed by atoms with Crippen molar-refractivity contribution in [3.63, 3.8) is 0 Å². The molecule has 3 N–H and O–H groups in total. The van der Waals surface area contributed by atoms with Gasteiger partial charge in [0, 0.05) is 34.3 Å². The van der Waals surface area contributed by atoms with Gasteiger partial charge in [0.15, 0.2) is 5.82 Å². The van der Waals surface area contributed by atoms with Crippen LogP contribution in [0.15, 0.2) is 91.5 Å². The number of nitrogens with zero attached hydrogens (tertiary/aromatic N) is 2. The van der Waals surface area contributed by atoms with Crippen LogP contribution in [0.2, 0.25) is 5.15 Å². The van der Waals surface area contributed by atoms with E-state index in [1.165, 1.54) is 6.08 Å². The Kier molecular flexibility index (Phi) is 7.57. The van der Waals surface area contributed by atoms with E-state index in [2.05, 4.69) is 32.5 Å². The minimum absolute atomic E-state index is 0.230. The molecule has 0 atom stereocenters. The molecule has 0 saturated carbocycles. The van der Waals surface area contributed by atoms with E-state index in [9.17, 15) is 9.59 Å². The summed E-state index contributed by atoms with van der Waals surface area (Å²) >= 11 is 6.23. The van der Waals surface area contributed by atoms with Gasteiger partial charge in [0.25, 0.3) is 5.91 Å². The standard InChI is InChI=1S/C27H22ClN5O3/c1-3-25(34)30-20-8-4-17(5-9-20)26-32-23(28)16-24(33-26)29-19-10-6-18(7-11-19)27(35)31-21-12-14-22(36-2)15-13-21/h3-16H,1H2,2H3,(H,30,34)(H,31,35)(H,29,32,33). The van der Waals surface area contributed by atoms with Crippen molar-refractivity contribution in [2.75, 3.05) is 23.1 Å². The number of aromatic nitrogens is 2. The van der Waals surface area contributed by atoms with Crippen LogP contribution in [0.3, 0.4) is 0 Å². The van der Waals surface area contributed by atoms with Gasteiger partial charge in [0.2, 0.25) is 5.91 Å². The Morgan fingerprint density at radius 2 is 1.47 bits per heavy atom. The minimum atomic E-state index is -0.294. The number of hydrogen-bond donors (Lipinski definition) is 3. The second-order valence-corrected chi connectivity index (χ2v) is 7.94. The molecule has 8 nitrogen and oxygen atoms in total. The van der Waals surface area contributed by atoms with Crippen LogP contribution in [0.5, 0.6) is 5.75 Å². The molecule has 0 aliphatic rings. The number of ether oxygens (including phenoxy) is 1. The zero-order valence-corrected chi connectivity index (χ0v) is 20.0. The average Bonchev–Trinajstić information content (AvgIpc) is 2.89. The maximum Gasteiger partial charge on any atom is 0.255 e. The van der Waals surface area contributed by atoms with Crippen molar-refractivity contribution < 1.29 is 14.3 Å². The second-order valence-electron chi connectivity index (χ2n) is 7.56. The zero-order valence-electron chi connectivity index (χ0n) is 19.3. The van der Waals surface area contributed by atoms with Crippen LogP contribution < -0.4 is 20.7 Å². The van der Waals surface area contributed by atoms with E-state index in [0.717, 1.165) is 11.3 Å². The van der Waals surface area contributed by atoms with Crippen LogP contribution in [0.1, 0.15) is 10.4 Å². The number of carbonyl (C=O) groups excluding carboxylic acids is 2. The lowest BCUT2D eigenvalue weighted by Crippen LogP contribution is -2.11. The van der Waals surface area contributed by atoms with Crippen LogP contribution in [0.25, 0.3) is 11.4 Å². The molecule has 0 fully saturated rings. The topological polar surface area (TPSA) is 105 Å². The Morgan fingerprint density at radius 1 is 0.861 bits per heavy atom. The third kappa shape index (κ3) is 6.25. The molecule has 0 unspecified atom stereocenters. The quantitative estimate of drug-likeness (QED) is 0.205. The third-order valence-electron chi connectivity index (χ3n) is 5.06. The Balaban J connectivity index is 1.44. The van der Waals surface area contributed by atoms with Crippen molar-refractivity contribution in [2.45, 2.75) is 0 Å². The summed E-state index contributed by atoms with van der Waals surface area (Å²) in [6.07, 6.45) is 1.20. The van der Waals surface area contributed by atoms with Crippen molar-refractivity contribution in [3.8, 4) is 17.1 Å². The molecule has 1 aromatic heterocycles. The predicted molar refractivity (Wildman–Crippen MR) is 142 cm³/mol. The minimum Gasteiger partial charge on any atom is -0.497 e. The Hall–Kier alpha value is -4.69. The number of halogens is 1. The molecule has 0 aliphatic carbocycles. The summed E-state index contributed by atoms with van der Waals surface area (Å²) in [5.74, 6) is 1.10. The van der Waals surface area contributed by atoms with E-state index >= 15 is 0 Å². The first-order chi connectivity index (χ1) is 17.4. The summed E-state index contributed by atoms with van der Waals surface area (Å²) in [6, 6.07) is 22.7. The van der Waals surface area contributed by atoms with Crippen molar-refractivity contribution in [1.82, 2.24) is 9.97 Å². The number of methoxy groups -OCH3 is 1. The highest BCUT2D eigenvalue weighted by molar-refractivity contribution is 6.29. The maximum absolute atomic E-state index is 12.6. The molecule has 2 amide bonds. The molecule has 9 heteroatoms. The highest BCUT2D eigenvalue weighted by Crippen LogP contribution is 2.24. The number of carbonyl (C=O) groups is 2. The Labute approximate surface area is 213 Å². The molecule has 0 spiro atoms. The average molecular weight is 500 g/mol. The molecule has 36 heavy (non-hydrogen) atoms. The fourth-order valence-corrected chi connectivity index (χ4v) is 3.42. The summed E-state index contributed by atoms with van der Waals surface area (Å²) in [4.78, 5) is 32.8. The van der Waals surface area contributed by atoms with Crippen molar-refractivity contribution in [1.29, 1.82) is 0 Å². The number of nitrogens with one attached hydrogen (secondary N) is 3. The van der Waals surface area contributed by atoms with Gasteiger partial charge in [-0.15, -0.1) is 0 Å². The van der Waals surface area contributed by atoms with Gasteiger partial charge >= 0.3 is 0 Å². The van der Waals surface area contributed by atoms with E-state index in [4.69, 9.17) is 16.3 Å². The van der Waals surface area contributed by atoms with Crippen molar-refractivity contribution in [2.24, 2.45) is 0 Å². The van der Waals surface area contributed by atoms with Gasteiger partial charge in [-0.1, -0.05) is 18.2 Å². The van der Waals surface area contributed by atoms with Gasteiger partial charge in [-0.2, -0.15) is 0 Å². The molecule has 180 valence electrons. The first-order valence-electron chi connectivity index (χ1n) is 10.8. The molecule has 0 aliphatic heterocycles. The summed E-state index contributed by atoms with van der Waals surface area (Å²) in [7, 11) is 1.59. The summed E-state index contributed by atoms with van der Waals surface area (Å²) in [5, 5.41) is 8.98. The summed E-state index contributed by atoms with van der Waals surface area (Å²) < 4.78 is 5.13. The molecule has 3 aromatic carbocycles. The van der Waals surface area contributed by atoms with Gasteiger partial charge in [0.1, 0.15) is 16.7 Å². The molecule has 1 heterocycles. The van der Waals surface area contributed by atoms with E-state index in [-0.39, 0.29) is 17.0 Å². The van der Waals surface area contributed by atoms with Crippen LogP contribution in [0.4, 0.5) is 22.9 Å². The van der Waals surface area contributed by atoms with Crippen LogP contribution in [-0.4, -0.2) is 28.9 Å². The third-order valence-corrected chi connectivity index (χ3v) is 5.25. The molecular weight excluding hydrogens is 478 g/mol. The highest BCUT2D eigenvalue weighted by Gasteiger charge is 2.09. The summed E-state index contributed by atoms with van der Waals surface area (Å²) in [5.41, 5.74) is 3.24. The number of benzene rings is 3. The monoisotopic (exact) mass is 499 g/mol. The van der Waals surface area contributed by atoms with Crippen molar-refractivity contribution >= 4 is 46.3 Å². The van der Waals surface area contributed by atoms with Crippen LogP contribution in [-0.2, 0) is 4.79 Å². The van der Waals surface area contributed by atoms with Crippen LogP contribution in [0, 0.1) is 0 Å². The molecule has 0 bridgehead atoms. The lowest BCUT2D eigenvalue weighted by atomic mass is 10.2. The lowest BCUT2D eigenvalue weighted by molar-refractivity contribution is -0.111. The first-order valence-corrected chi connectivity index (χ1v) is 11.2. The maximum atomic E-state index is 12.6.